The third-order valence-electron chi connectivity index (χ3n) is 1.47. The van der Waals surface area contributed by atoms with Crippen molar-refractivity contribution in [2.24, 2.45) is 5.73 Å². The molecule has 0 bridgehead atoms. The topological polar surface area (TPSA) is 58.4 Å². The lowest BCUT2D eigenvalue weighted by molar-refractivity contribution is -0.141. The summed E-state index contributed by atoms with van der Waals surface area (Å²) in [7, 11) is 0. The zero-order valence-corrected chi connectivity index (χ0v) is 6.06. The maximum atomic E-state index is 11.8. The first kappa shape index (κ1) is 9.11. The number of carbonyl (C=O) groups excluding carboxylic acids is 1. The summed E-state index contributed by atoms with van der Waals surface area (Å²) >= 11 is 0. The van der Waals surface area contributed by atoms with Crippen LogP contribution in [0.3, 0.4) is 0 Å². The van der Waals surface area contributed by atoms with Crippen molar-refractivity contribution in [3.05, 3.63) is 0 Å². The fraction of sp³-hybridized carbons (Fsp3) is 0.800. The molecule has 7 heteroatoms. The van der Waals surface area contributed by atoms with E-state index in [-0.39, 0.29) is 6.54 Å². The Bertz CT molecular complexity index is 193. The molecule has 1 atom stereocenters. The van der Waals surface area contributed by atoms with E-state index in [2.05, 4.69) is 5.32 Å². The van der Waals surface area contributed by atoms with Crippen LogP contribution in [0.1, 0.15) is 0 Å². The van der Waals surface area contributed by atoms with Gasteiger partial charge in [-0.25, -0.2) is 4.79 Å². The molecule has 0 radical (unpaired) electrons. The normalized spacial score (nSPS) is 24.5. The predicted octanol–water partition coefficient (Wildman–Crippen LogP) is -0.141. The molecule has 2 amide bonds. The van der Waals surface area contributed by atoms with Crippen molar-refractivity contribution in [1.82, 2.24) is 10.2 Å². The summed E-state index contributed by atoms with van der Waals surface area (Å²) in [6, 6.07) is -0.764. The van der Waals surface area contributed by atoms with E-state index < -0.39 is 24.9 Å². The quantitative estimate of drug-likeness (QED) is 0.594. The van der Waals surface area contributed by atoms with Gasteiger partial charge in [-0.15, -0.1) is 0 Å². The van der Waals surface area contributed by atoms with Gasteiger partial charge in [-0.1, -0.05) is 0 Å². The molecule has 0 aliphatic carbocycles. The molecule has 3 N–H and O–H groups in total. The number of rotatable bonds is 1. The van der Waals surface area contributed by atoms with Crippen LogP contribution in [-0.2, 0) is 0 Å². The summed E-state index contributed by atoms with van der Waals surface area (Å²) in [6.07, 6.45) is -5.27. The minimum atomic E-state index is -4.39. The summed E-state index contributed by atoms with van der Waals surface area (Å²) < 4.78 is 35.3. The van der Waals surface area contributed by atoms with Crippen LogP contribution in [0.4, 0.5) is 18.0 Å². The number of hydrogen-bond donors (Lipinski definition) is 2. The number of nitrogens with zero attached hydrogens (tertiary/aromatic N) is 1. The molecule has 1 unspecified atom stereocenters. The maximum absolute atomic E-state index is 11.8. The lowest BCUT2D eigenvalue weighted by Gasteiger charge is -2.20. The summed E-state index contributed by atoms with van der Waals surface area (Å²) in [5.74, 6) is 0. The monoisotopic (exact) mass is 183 g/mol. The van der Waals surface area contributed by atoms with Crippen LogP contribution in [0.15, 0.2) is 0 Å². The Hall–Kier alpha value is -0.980. The molecule has 0 aromatic carbocycles. The molecule has 1 rings (SSSR count). The second kappa shape index (κ2) is 2.81. The van der Waals surface area contributed by atoms with Gasteiger partial charge < -0.3 is 11.1 Å². The second-order valence-electron chi connectivity index (χ2n) is 2.50. The van der Waals surface area contributed by atoms with Crippen molar-refractivity contribution in [2.45, 2.75) is 12.3 Å². The first-order chi connectivity index (χ1) is 5.40. The standard InChI is InChI=1S/C5H8F3N3O/c6-5(7,8)2-11-3(9)1-10-4(11)12/h3H,1-2,9H2,(H,10,12). The fourth-order valence-corrected chi connectivity index (χ4v) is 0.936. The zero-order valence-electron chi connectivity index (χ0n) is 6.06. The van der Waals surface area contributed by atoms with Gasteiger partial charge in [0, 0.05) is 0 Å². The molecule has 1 aliphatic rings. The van der Waals surface area contributed by atoms with Gasteiger partial charge in [-0.2, -0.15) is 13.2 Å². The Labute approximate surface area is 66.5 Å². The maximum Gasteiger partial charge on any atom is 0.406 e. The van der Waals surface area contributed by atoms with Crippen LogP contribution in [0.2, 0.25) is 0 Å². The van der Waals surface area contributed by atoms with Crippen LogP contribution in [0.5, 0.6) is 0 Å². The Kier molecular flexibility index (Phi) is 2.14. The number of amides is 2. The average molecular weight is 183 g/mol. The molecule has 1 fully saturated rings. The zero-order chi connectivity index (χ0) is 9.35. The number of urea groups is 1. The molecule has 1 aliphatic heterocycles. The Morgan fingerprint density at radius 1 is 1.67 bits per heavy atom. The van der Waals surface area contributed by atoms with Crippen molar-refractivity contribution in [1.29, 1.82) is 0 Å². The average Bonchev–Trinajstić information content (AvgIpc) is 2.16. The summed E-state index contributed by atoms with van der Waals surface area (Å²) in [5.41, 5.74) is 5.22. The Morgan fingerprint density at radius 3 is 2.58 bits per heavy atom. The summed E-state index contributed by atoms with van der Waals surface area (Å²) in [6.45, 7) is -1.23. The van der Waals surface area contributed by atoms with Gasteiger partial charge in [0.05, 0.1) is 12.7 Å². The van der Waals surface area contributed by atoms with Gasteiger partial charge in [0.25, 0.3) is 0 Å². The van der Waals surface area contributed by atoms with Crippen LogP contribution in [-0.4, -0.2) is 36.4 Å². The molecule has 1 saturated heterocycles. The van der Waals surface area contributed by atoms with Crippen LogP contribution >= 0.6 is 0 Å². The van der Waals surface area contributed by atoms with Gasteiger partial charge >= 0.3 is 12.2 Å². The molecule has 4 nitrogen and oxygen atoms in total. The van der Waals surface area contributed by atoms with Crippen LogP contribution in [0, 0.1) is 0 Å². The van der Waals surface area contributed by atoms with Gasteiger partial charge in [0.1, 0.15) is 6.54 Å². The van der Waals surface area contributed by atoms with Crippen molar-refractivity contribution in [3.63, 3.8) is 0 Å². The highest BCUT2D eigenvalue weighted by Gasteiger charge is 2.38. The molecule has 70 valence electrons. The van der Waals surface area contributed by atoms with Gasteiger partial charge in [0.15, 0.2) is 0 Å². The number of carbonyl (C=O) groups is 1. The Balaban J connectivity index is 2.56. The number of nitrogens with one attached hydrogen (secondary N) is 1. The number of nitrogens with two attached hydrogens (primary N) is 1. The largest absolute Gasteiger partial charge is 0.406 e. The third-order valence-corrected chi connectivity index (χ3v) is 1.47. The minimum Gasteiger partial charge on any atom is -0.335 e. The van der Waals surface area contributed by atoms with Crippen molar-refractivity contribution in [2.75, 3.05) is 13.1 Å². The van der Waals surface area contributed by atoms with Crippen LogP contribution < -0.4 is 11.1 Å². The highest BCUT2D eigenvalue weighted by Crippen LogP contribution is 2.18. The predicted molar refractivity (Wildman–Crippen MR) is 34.1 cm³/mol. The van der Waals surface area contributed by atoms with Gasteiger partial charge in [-0.3, -0.25) is 4.90 Å². The highest BCUT2D eigenvalue weighted by atomic mass is 19.4. The smallest absolute Gasteiger partial charge is 0.335 e. The molecule has 0 saturated carbocycles. The minimum absolute atomic E-state index is 0.0644. The molecule has 0 aromatic rings. The lowest BCUT2D eigenvalue weighted by Crippen LogP contribution is -2.45. The van der Waals surface area contributed by atoms with Crippen molar-refractivity contribution < 1.29 is 18.0 Å². The van der Waals surface area contributed by atoms with E-state index in [1.54, 1.807) is 0 Å². The molecule has 0 spiro atoms. The second-order valence-corrected chi connectivity index (χ2v) is 2.50. The van der Waals surface area contributed by atoms with E-state index in [0.29, 0.717) is 4.90 Å². The summed E-state index contributed by atoms with van der Waals surface area (Å²) in [4.78, 5) is 11.3. The molecule has 0 aromatic heterocycles. The number of halogens is 3. The first-order valence-corrected chi connectivity index (χ1v) is 3.27. The van der Waals surface area contributed by atoms with E-state index in [1.165, 1.54) is 0 Å². The summed E-state index contributed by atoms with van der Waals surface area (Å²) in [5, 5.41) is 2.20. The van der Waals surface area contributed by atoms with E-state index >= 15 is 0 Å². The molecular weight excluding hydrogens is 175 g/mol. The first-order valence-electron chi connectivity index (χ1n) is 3.27. The fourth-order valence-electron chi connectivity index (χ4n) is 0.936. The number of alkyl halides is 3. The van der Waals surface area contributed by atoms with Gasteiger partial charge in [-0.05, 0) is 0 Å². The third kappa shape index (κ3) is 2.00. The van der Waals surface area contributed by atoms with E-state index in [0.717, 1.165) is 0 Å². The Morgan fingerprint density at radius 2 is 2.25 bits per heavy atom. The molecular formula is C5H8F3N3O. The lowest BCUT2D eigenvalue weighted by atomic mass is 10.4. The van der Waals surface area contributed by atoms with Crippen molar-refractivity contribution >= 4 is 6.03 Å². The SMILES string of the molecule is NC1CNC(=O)N1CC(F)(F)F. The van der Waals surface area contributed by atoms with E-state index in [4.69, 9.17) is 5.73 Å². The molecule has 12 heavy (non-hydrogen) atoms. The highest BCUT2D eigenvalue weighted by molar-refractivity contribution is 5.76. The van der Waals surface area contributed by atoms with Crippen molar-refractivity contribution in [3.8, 4) is 0 Å². The van der Waals surface area contributed by atoms with Crippen LogP contribution in [0.25, 0.3) is 0 Å². The van der Waals surface area contributed by atoms with E-state index in [9.17, 15) is 18.0 Å². The molecule has 1 heterocycles. The van der Waals surface area contributed by atoms with Gasteiger partial charge in [0.2, 0.25) is 0 Å². The number of hydrogen-bond acceptors (Lipinski definition) is 2. The van der Waals surface area contributed by atoms with E-state index in [1.807, 2.05) is 0 Å².